The highest BCUT2D eigenvalue weighted by molar-refractivity contribution is 5.86. The zero-order chi connectivity index (χ0) is 11.5. The van der Waals surface area contributed by atoms with Gasteiger partial charge in [0.25, 0.3) is 0 Å². The molecule has 0 aliphatic heterocycles. The second kappa shape index (κ2) is 4.70. The van der Waals surface area contributed by atoms with Crippen LogP contribution in [0.2, 0.25) is 0 Å². The number of furan rings is 1. The number of carboxylic acid groups (broad SMARTS) is 1. The van der Waals surface area contributed by atoms with Crippen LogP contribution in [-0.2, 0) is 6.54 Å². The SMILES string of the molecule is CN(Cc1ccoc1C(=O)O)C1CCCC1. The Morgan fingerprint density at radius 2 is 2.25 bits per heavy atom. The fourth-order valence-corrected chi connectivity index (χ4v) is 2.39. The maximum atomic E-state index is 10.9. The average Bonchev–Trinajstić information content (AvgIpc) is 2.86. The van der Waals surface area contributed by atoms with Gasteiger partial charge in [-0.3, -0.25) is 4.90 Å². The standard InChI is InChI=1S/C12H17NO3/c1-13(10-4-2-3-5-10)8-9-6-7-16-11(9)12(14)15/h6-7,10H,2-5,8H2,1H3,(H,14,15). The first-order chi connectivity index (χ1) is 7.68. The van der Waals surface area contributed by atoms with E-state index in [2.05, 4.69) is 11.9 Å². The highest BCUT2D eigenvalue weighted by atomic mass is 16.4. The molecule has 1 heterocycles. The quantitative estimate of drug-likeness (QED) is 0.851. The molecule has 16 heavy (non-hydrogen) atoms. The Labute approximate surface area is 94.9 Å². The van der Waals surface area contributed by atoms with Crippen molar-refractivity contribution in [2.45, 2.75) is 38.3 Å². The van der Waals surface area contributed by atoms with Crippen molar-refractivity contribution in [1.82, 2.24) is 4.90 Å². The molecule has 1 aromatic heterocycles. The molecule has 1 aromatic rings. The van der Waals surface area contributed by atoms with Gasteiger partial charge in [0.15, 0.2) is 0 Å². The Kier molecular flexibility index (Phi) is 3.29. The van der Waals surface area contributed by atoms with Crippen molar-refractivity contribution in [2.24, 2.45) is 0 Å². The third-order valence-electron chi connectivity index (χ3n) is 3.31. The minimum Gasteiger partial charge on any atom is -0.475 e. The van der Waals surface area contributed by atoms with E-state index < -0.39 is 5.97 Å². The number of hydrogen-bond donors (Lipinski definition) is 1. The topological polar surface area (TPSA) is 53.7 Å². The van der Waals surface area contributed by atoms with Crippen LogP contribution in [-0.4, -0.2) is 29.1 Å². The van der Waals surface area contributed by atoms with Gasteiger partial charge >= 0.3 is 5.97 Å². The predicted octanol–water partition coefficient (Wildman–Crippen LogP) is 2.35. The summed E-state index contributed by atoms with van der Waals surface area (Å²) < 4.78 is 4.96. The van der Waals surface area contributed by atoms with Crippen molar-refractivity contribution in [3.8, 4) is 0 Å². The smallest absolute Gasteiger partial charge is 0.372 e. The molecule has 1 aliphatic rings. The monoisotopic (exact) mass is 223 g/mol. The summed E-state index contributed by atoms with van der Waals surface area (Å²) >= 11 is 0. The van der Waals surface area contributed by atoms with E-state index in [9.17, 15) is 4.79 Å². The summed E-state index contributed by atoms with van der Waals surface area (Å²) in [5.74, 6) is -0.912. The Hall–Kier alpha value is -1.29. The second-order valence-electron chi connectivity index (χ2n) is 4.43. The molecule has 0 bridgehead atoms. The van der Waals surface area contributed by atoms with Gasteiger partial charge in [-0.25, -0.2) is 4.79 Å². The zero-order valence-corrected chi connectivity index (χ0v) is 9.48. The highest BCUT2D eigenvalue weighted by Crippen LogP contribution is 2.24. The third kappa shape index (κ3) is 2.27. The largest absolute Gasteiger partial charge is 0.475 e. The molecule has 0 amide bonds. The van der Waals surface area contributed by atoms with E-state index in [-0.39, 0.29) is 5.76 Å². The van der Waals surface area contributed by atoms with Gasteiger partial charge in [-0.2, -0.15) is 0 Å². The van der Waals surface area contributed by atoms with Gasteiger partial charge in [-0.05, 0) is 26.0 Å². The molecule has 0 aromatic carbocycles. The van der Waals surface area contributed by atoms with E-state index in [1.165, 1.54) is 31.9 Å². The molecule has 4 heteroatoms. The number of carboxylic acids is 1. The Balaban J connectivity index is 2.02. The normalized spacial score (nSPS) is 17.1. The van der Waals surface area contributed by atoms with E-state index >= 15 is 0 Å². The summed E-state index contributed by atoms with van der Waals surface area (Å²) in [5.41, 5.74) is 0.766. The number of aromatic carboxylic acids is 1. The van der Waals surface area contributed by atoms with Crippen molar-refractivity contribution in [3.05, 3.63) is 23.7 Å². The second-order valence-corrected chi connectivity index (χ2v) is 4.43. The molecule has 1 fully saturated rings. The fourth-order valence-electron chi connectivity index (χ4n) is 2.39. The lowest BCUT2D eigenvalue weighted by molar-refractivity contribution is 0.0658. The van der Waals surface area contributed by atoms with Crippen molar-refractivity contribution in [3.63, 3.8) is 0 Å². The van der Waals surface area contributed by atoms with Crippen LogP contribution in [0.3, 0.4) is 0 Å². The zero-order valence-electron chi connectivity index (χ0n) is 9.48. The average molecular weight is 223 g/mol. The number of hydrogen-bond acceptors (Lipinski definition) is 3. The number of rotatable bonds is 4. The van der Waals surface area contributed by atoms with Crippen molar-refractivity contribution < 1.29 is 14.3 Å². The number of carbonyl (C=O) groups is 1. The lowest BCUT2D eigenvalue weighted by Gasteiger charge is -2.23. The van der Waals surface area contributed by atoms with Crippen LogP contribution in [0.15, 0.2) is 16.7 Å². The predicted molar refractivity (Wildman–Crippen MR) is 59.4 cm³/mol. The molecule has 0 atom stereocenters. The van der Waals surface area contributed by atoms with Crippen LogP contribution in [0.5, 0.6) is 0 Å². The Morgan fingerprint density at radius 3 is 2.88 bits per heavy atom. The van der Waals surface area contributed by atoms with E-state index in [4.69, 9.17) is 9.52 Å². The third-order valence-corrected chi connectivity index (χ3v) is 3.31. The molecular formula is C12H17NO3. The molecule has 0 unspecified atom stereocenters. The summed E-state index contributed by atoms with van der Waals surface area (Å²) in [4.78, 5) is 13.1. The fraction of sp³-hybridized carbons (Fsp3) is 0.583. The maximum Gasteiger partial charge on any atom is 0.372 e. The Bertz CT molecular complexity index is 366. The first kappa shape index (κ1) is 11.2. The van der Waals surface area contributed by atoms with Crippen molar-refractivity contribution >= 4 is 5.97 Å². The van der Waals surface area contributed by atoms with Gasteiger partial charge in [-0.15, -0.1) is 0 Å². The minimum absolute atomic E-state index is 0.0739. The van der Waals surface area contributed by atoms with Crippen LogP contribution in [0.25, 0.3) is 0 Å². The maximum absolute atomic E-state index is 10.9. The van der Waals surface area contributed by atoms with E-state index in [0.717, 1.165) is 5.56 Å². The van der Waals surface area contributed by atoms with Crippen molar-refractivity contribution in [2.75, 3.05) is 7.05 Å². The molecule has 1 N–H and O–H groups in total. The highest BCUT2D eigenvalue weighted by Gasteiger charge is 2.22. The molecule has 0 saturated heterocycles. The van der Waals surface area contributed by atoms with Gasteiger partial charge in [0.05, 0.1) is 6.26 Å². The van der Waals surface area contributed by atoms with E-state index in [1.807, 2.05) is 0 Å². The first-order valence-electron chi connectivity index (χ1n) is 5.68. The Morgan fingerprint density at radius 1 is 1.56 bits per heavy atom. The van der Waals surface area contributed by atoms with Crippen LogP contribution in [0.1, 0.15) is 41.8 Å². The summed E-state index contributed by atoms with van der Waals surface area (Å²) in [7, 11) is 2.05. The molecule has 2 rings (SSSR count). The van der Waals surface area contributed by atoms with Crippen LogP contribution >= 0.6 is 0 Å². The lowest BCUT2D eigenvalue weighted by Crippen LogP contribution is -2.28. The summed E-state index contributed by atoms with van der Waals surface area (Å²) in [5, 5.41) is 8.92. The van der Waals surface area contributed by atoms with Crippen molar-refractivity contribution in [1.29, 1.82) is 0 Å². The van der Waals surface area contributed by atoms with Gasteiger partial charge < -0.3 is 9.52 Å². The van der Waals surface area contributed by atoms with Gasteiger partial charge in [0.1, 0.15) is 0 Å². The minimum atomic E-state index is -0.986. The van der Waals surface area contributed by atoms with Gasteiger partial charge in [-0.1, -0.05) is 12.8 Å². The number of nitrogens with zero attached hydrogens (tertiary/aromatic N) is 1. The van der Waals surface area contributed by atoms with Gasteiger partial charge in [0, 0.05) is 18.2 Å². The van der Waals surface area contributed by atoms with E-state index in [1.54, 1.807) is 6.07 Å². The summed E-state index contributed by atoms with van der Waals surface area (Å²) in [6, 6.07) is 2.34. The molecular weight excluding hydrogens is 206 g/mol. The van der Waals surface area contributed by atoms with Gasteiger partial charge in [0.2, 0.25) is 5.76 Å². The molecule has 88 valence electrons. The lowest BCUT2D eigenvalue weighted by atomic mass is 10.2. The van der Waals surface area contributed by atoms with Crippen LogP contribution in [0, 0.1) is 0 Å². The molecule has 0 spiro atoms. The van der Waals surface area contributed by atoms with E-state index in [0.29, 0.717) is 12.6 Å². The molecule has 4 nitrogen and oxygen atoms in total. The molecule has 1 saturated carbocycles. The van der Waals surface area contributed by atoms with Crippen LogP contribution in [0.4, 0.5) is 0 Å². The van der Waals surface area contributed by atoms with Crippen LogP contribution < -0.4 is 0 Å². The first-order valence-corrected chi connectivity index (χ1v) is 5.68. The molecule has 1 aliphatic carbocycles. The summed E-state index contributed by atoms with van der Waals surface area (Å²) in [6.45, 7) is 0.656. The summed E-state index contributed by atoms with van der Waals surface area (Å²) in [6.07, 6.45) is 6.45. The molecule has 0 radical (unpaired) electrons.